The van der Waals surface area contributed by atoms with Crippen LogP contribution in [0.5, 0.6) is 5.75 Å². The van der Waals surface area contributed by atoms with Gasteiger partial charge in [-0.3, -0.25) is 4.90 Å². The molecule has 1 aliphatic carbocycles. The molecular weight excluding hydrogens is 411 g/mol. The number of methoxy groups -OCH3 is 1. The number of nitrogen functional groups attached to an aromatic ring is 1. The number of hydrogen-bond acceptors (Lipinski definition) is 7. The summed E-state index contributed by atoms with van der Waals surface area (Å²) in [5, 5.41) is 0. The molecule has 0 spiro atoms. The monoisotopic (exact) mass is 440 g/mol. The smallest absolute Gasteiger partial charge is 0.222 e. The number of benzene rings is 1. The van der Waals surface area contributed by atoms with Gasteiger partial charge in [-0.25, -0.2) is 4.98 Å². The summed E-state index contributed by atoms with van der Waals surface area (Å²) >= 11 is 0. The number of anilines is 2. The van der Waals surface area contributed by atoms with Crippen molar-refractivity contribution in [2.75, 3.05) is 43.9 Å². The maximum atomic E-state index is 5.97. The van der Waals surface area contributed by atoms with Crippen molar-refractivity contribution >= 4 is 36.6 Å². The second-order valence-corrected chi connectivity index (χ2v) is 7.51. The molecule has 2 fully saturated rings. The minimum atomic E-state index is 0. The van der Waals surface area contributed by atoms with Crippen LogP contribution in [0, 0.1) is 0 Å². The summed E-state index contributed by atoms with van der Waals surface area (Å²) in [6.45, 7) is 4.70. The van der Waals surface area contributed by atoms with Gasteiger partial charge in [0.15, 0.2) is 0 Å². The molecule has 9 heteroatoms. The highest BCUT2D eigenvalue weighted by atomic mass is 35.5. The van der Waals surface area contributed by atoms with Crippen molar-refractivity contribution in [2.45, 2.75) is 31.3 Å². The molecule has 4 N–H and O–H groups in total. The Morgan fingerprint density at radius 3 is 2.41 bits per heavy atom. The molecule has 2 aromatic rings. The highest BCUT2D eigenvalue weighted by Gasteiger charge is 2.30. The molecule has 4 rings (SSSR count). The molecule has 7 nitrogen and oxygen atoms in total. The fraction of sp³-hybridized carbons (Fsp3) is 0.500. The van der Waals surface area contributed by atoms with Crippen LogP contribution in [0.3, 0.4) is 0 Å². The molecule has 0 radical (unpaired) electrons. The standard InChI is InChI=1S/C20H28N6O.2ClH/c1-27-18-5-3-2-4-14(18)13-25-6-8-26(9-7-25)19-12-17(23-20(22)24-19)15-10-16(21)11-15;;/h2-5,12,15-16H,6-11,13,21H2,1H3,(H2,22,23,24);2*1H. The van der Waals surface area contributed by atoms with Gasteiger partial charge in [0.05, 0.1) is 12.8 Å². The first-order chi connectivity index (χ1) is 13.1. The first kappa shape index (κ1) is 23.5. The molecule has 1 aromatic heterocycles. The van der Waals surface area contributed by atoms with E-state index in [-0.39, 0.29) is 24.8 Å². The van der Waals surface area contributed by atoms with E-state index in [0.29, 0.717) is 17.9 Å². The molecule has 1 aromatic carbocycles. The minimum absolute atomic E-state index is 0. The van der Waals surface area contributed by atoms with Crippen molar-refractivity contribution in [1.29, 1.82) is 0 Å². The molecule has 0 atom stereocenters. The van der Waals surface area contributed by atoms with Gasteiger partial charge in [-0.05, 0) is 18.9 Å². The molecule has 0 amide bonds. The summed E-state index contributed by atoms with van der Waals surface area (Å²) in [6, 6.07) is 10.6. The molecule has 0 unspecified atom stereocenters. The van der Waals surface area contributed by atoms with E-state index in [2.05, 4.69) is 38.0 Å². The van der Waals surface area contributed by atoms with Gasteiger partial charge in [-0.15, -0.1) is 24.8 Å². The predicted octanol–water partition coefficient (Wildman–Crippen LogP) is 2.44. The number of nitrogens with zero attached hydrogens (tertiary/aromatic N) is 4. The summed E-state index contributed by atoms with van der Waals surface area (Å²) < 4.78 is 5.47. The van der Waals surface area contributed by atoms with Crippen molar-refractivity contribution in [3.8, 4) is 5.75 Å². The molecule has 1 saturated heterocycles. The number of piperazine rings is 1. The zero-order valence-electron chi connectivity index (χ0n) is 16.7. The third-order valence-electron chi connectivity index (χ3n) is 5.63. The highest BCUT2D eigenvalue weighted by molar-refractivity contribution is 5.85. The third kappa shape index (κ3) is 5.42. The van der Waals surface area contributed by atoms with Gasteiger partial charge in [0.25, 0.3) is 0 Å². The number of rotatable bonds is 5. The van der Waals surface area contributed by atoms with Crippen molar-refractivity contribution in [3.05, 3.63) is 41.6 Å². The molecule has 160 valence electrons. The zero-order valence-corrected chi connectivity index (χ0v) is 18.3. The lowest BCUT2D eigenvalue weighted by Gasteiger charge is -2.36. The second-order valence-electron chi connectivity index (χ2n) is 7.51. The van der Waals surface area contributed by atoms with Gasteiger partial charge in [-0.1, -0.05) is 18.2 Å². The number of aromatic nitrogens is 2. The van der Waals surface area contributed by atoms with Crippen molar-refractivity contribution in [3.63, 3.8) is 0 Å². The Bertz CT molecular complexity index is 794. The average Bonchev–Trinajstić information content (AvgIpc) is 2.66. The van der Waals surface area contributed by atoms with Crippen molar-refractivity contribution in [1.82, 2.24) is 14.9 Å². The number of hydrogen-bond donors (Lipinski definition) is 2. The fourth-order valence-electron chi connectivity index (χ4n) is 3.96. The normalized spacial score (nSPS) is 21.5. The molecule has 29 heavy (non-hydrogen) atoms. The maximum absolute atomic E-state index is 5.97. The first-order valence-electron chi connectivity index (χ1n) is 9.61. The summed E-state index contributed by atoms with van der Waals surface area (Å²) in [6.07, 6.45) is 1.98. The Labute approximate surface area is 184 Å². The third-order valence-corrected chi connectivity index (χ3v) is 5.63. The molecule has 1 aliphatic heterocycles. The topological polar surface area (TPSA) is 93.5 Å². The predicted molar refractivity (Wildman–Crippen MR) is 121 cm³/mol. The maximum Gasteiger partial charge on any atom is 0.222 e. The molecular formula is C20H30Cl2N6O. The largest absolute Gasteiger partial charge is 0.496 e. The van der Waals surface area contributed by atoms with E-state index >= 15 is 0 Å². The molecule has 0 bridgehead atoms. The van der Waals surface area contributed by atoms with E-state index in [9.17, 15) is 0 Å². The van der Waals surface area contributed by atoms with Gasteiger partial charge in [-0.2, -0.15) is 4.98 Å². The Balaban J connectivity index is 0.00000150. The van der Waals surface area contributed by atoms with Gasteiger partial charge in [0.1, 0.15) is 11.6 Å². The lowest BCUT2D eigenvalue weighted by Crippen LogP contribution is -2.46. The molecule has 1 saturated carbocycles. The highest BCUT2D eigenvalue weighted by Crippen LogP contribution is 2.36. The Morgan fingerprint density at radius 2 is 1.76 bits per heavy atom. The lowest BCUT2D eigenvalue weighted by molar-refractivity contribution is 0.245. The van der Waals surface area contributed by atoms with E-state index < -0.39 is 0 Å². The van der Waals surface area contributed by atoms with Gasteiger partial charge >= 0.3 is 0 Å². The zero-order chi connectivity index (χ0) is 18.8. The number of ether oxygens (including phenoxy) is 1. The van der Waals surface area contributed by atoms with E-state index in [4.69, 9.17) is 16.2 Å². The van der Waals surface area contributed by atoms with Crippen LogP contribution in [0.4, 0.5) is 11.8 Å². The molecule has 2 aliphatic rings. The van der Waals surface area contributed by atoms with Crippen molar-refractivity contribution < 1.29 is 4.74 Å². The van der Waals surface area contributed by atoms with Crippen LogP contribution in [0.2, 0.25) is 0 Å². The summed E-state index contributed by atoms with van der Waals surface area (Å²) in [7, 11) is 1.73. The van der Waals surface area contributed by atoms with E-state index in [1.165, 1.54) is 5.56 Å². The fourth-order valence-corrected chi connectivity index (χ4v) is 3.96. The van der Waals surface area contributed by atoms with Gasteiger partial charge < -0.3 is 21.1 Å². The van der Waals surface area contributed by atoms with Gasteiger partial charge in [0, 0.05) is 56.3 Å². The van der Waals surface area contributed by atoms with Crippen LogP contribution >= 0.6 is 24.8 Å². The van der Waals surface area contributed by atoms with E-state index in [0.717, 1.165) is 62.8 Å². The SMILES string of the molecule is COc1ccccc1CN1CCN(c2cc(C3CC(N)C3)nc(N)n2)CC1.Cl.Cl. The average molecular weight is 441 g/mol. The number of halogens is 2. The lowest BCUT2D eigenvalue weighted by atomic mass is 9.78. The summed E-state index contributed by atoms with van der Waals surface area (Å²) in [5.41, 5.74) is 14.2. The second kappa shape index (κ2) is 10.3. The number of nitrogens with two attached hydrogens (primary N) is 2. The quantitative estimate of drug-likeness (QED) is 0.736. The van der Waals surface area contributed by atoms with Crippen LogP contribution in [0.15, 0.2) is 30.3 Å². The summed E-state index contributed by atoms with van der Waals surface area (Å²) in [4.78, 5) is 13.7. The van der Waals surface area contributed by atoms with E-state index in [1.807, 2.05) is 12.1 Å². The number of para-hydroxylation sites is 1. The van der Waals surface area contributed by atoms with E-state index in [1.54, 1.807) is 7.11 Å². The molecule has 2 heterocycles. The minimum Gasteiger partial charge on any atom is -0.496 e. The Morgan fingerprint density at radius 1 is 1.07 bits per heavy atom. The van der Waals surface area contributed by atoms with Crippen LogP contribution in [0.1, 0.15) is 30.0 Å². The van der Waals surface area contributed by atoms with Crippen molar-refractivity contribution in [2.24, 2.45) is 5.73 Å². The van der Waals surface area contributed by atoms with Crippen LogP contribution in [0.25, 0.3) is 0 Å². The van der Waals surface area contributed by atoms with Crippen LogP contribution in [-0.4, -0.2) is 54.2 Å². The summed E-state index contributed by atoms with van der Waals surface area (Å²) in [5.74, 6) is 2.68. The van der Waals surface area contributed by atoms with Crippen LogP contribution < -0.4 is 21.1 Å². The Hall–Kier alpha value is -1.80. The first-order valence-corrected chi connectivity index (χ1v) is 9.61. The Kier molecular flexibility index (Phi) is 8.34. The van der Waals surface area contributed by atoms with Gasteiger partial charge in [0.2, 0.25) is 5.95 Å². The van der Waals surface area contributed by atoms with Crippen LogP contribution in [-0.2, 0) is 6.54 Å².